The van der Waals surface area contributed by atoms with Gasteiger partial charge in [-0.2, -0.15) is 13.2 Å². The Balaban J connectivity index is 2.70. The molecule has 0 heterocycles. The van der Waals surface area contributed by atoms with E-state index in [0.717, 1.165) is 36.4 Å². The van der Waals surface area contributed by atoms with Gasteiger partial charge in [0.15, 0.2) is 0 Å². The lowest BCUT2D eigenvalue weighted by Crippen LogP contribution is -2.43. The van der Waals surface area contributed by atoms with Crippen molar-refractivity contribution in [2.75, 3.05) is 13.1 Å². The molecule has 2 aromatic carbocycles. The topological polar surface area (TPSA) is 56.8 Å². The van der Waals surface area contributed by atoms with Gasteiger partial charge in [-0.1, -0.05) is 24.3 Å². The molecule has 2 aromatic rings. The van der Waals surface area contributed by atoms with Crippen molar-refractivity contribution in [3.8, 4) is 11.5 Å². The SMILES string of the molecule is CC(C)(C)OC(=O)CC(CNCCC(F)(F)F)(c1cccc(OC(F)(F)F)c1)c1cccc(OC(F)(F)F)c1. The molecule has 14 heteroatoms. The van der Waals surface area contributed by atoms with Crippen LogP contribution in [0, 0.1) is 0 Å². The van der Waals surface area contributed by atoms with E-state index in [1.807, 2.05) is 0 Å². The van der Waals surface area contributed by atoms with Crippen molar-refractivity contribution in [2.45, 2.75) is 63.5 Å². The fourth-order valence-electron chi connectivity index (χ4n) is 3.78. The average Bonchev–Trinajstić information content (AvgIpc) is 2.72. The van der Waals surface area contributed by atoms with E-state index in [1.165, 1.54) is 32.9 Å². The Kier molecular flexibility index (Phi) is 9.80. The summed E-state index contributed by atoms with van der Waals surface area (Å²) < 4.78 is 129. The lowest BCUT2D eigenvalue weighted by Gasteiger charge is -2.36. The van der Waals surface area contributed by atoms with Gasteiger partial charge in [0, 0.05) is 18.5 Å². The Morgan fingerprint density at radius 2 is 1.23 bits per heavy atom. The quantitative estimate of drug-likeness (QED) is 0.187. The van der Waals surface area contributed by atoms with Gasteiger partial charge in [0.2, 0.25) is 0 Å². The van der Waals surface area contributed by atoms with Crippen LogP contribution in [0.5, 0.6) is 11.5 Å². The molecule has 0 saturated carbocycles. The molecule has 2 rings (SSSR count). The minimum absolute atomic E-state index is 0.0706. The maximum Gasteiger partial charge on any atom is 0.573 e. The minimum Gasteiger partial charge on any atom is -0.460 e. The summed E-state index contributed by atoms with van der Waals surface area (Å²) in [5.41, 5.74) is -2.99. The number of ether oxygens (including phenoxy) is 3. The van der Waals surface area contributed by atoms with Crippen LogP contribution in [0.4, 0.5) is 39.5 Å². The highest BCUT2D eigenvalue weighted by Crippen LogP contribution is 2.40. The summed E-state index contributed by atoms with van der Waals surface area (Å²) in [6, 6.07) is 8.55. The second-order valence-corrected chi connectivity index (χ2v) is 9.54. The van der Waals surface area contributed by atoms with Gasteiger partial charge in [0.1, 0.15) is 17.1 Å². The summed E-state index contributed by atoms with van der Waals surface area (Å²) in [5, 5.41) is 2.53. The van der Waals surface area contributed by atoms with Gasteiger partial charge in [-0.05, 0) is 56.2 Å². The van der Waals surface area contributed by atoms with Gasteiger partial charge in [-0.25, -0.2) is 0 Å². The first-order valence-electron chi connectivity index (χ1n) is 11.4. The smallest absolute Gasteiger partial charge is 0.460 e. The first-order valence-corrected chi connectivity index (χ1v) is 11.4. The van der Waals surface area contributed by atoms with Gasteiger partial charge in [-0.3, -0.25) is 4.79 Å². The van der Waals surface area contributed by atoms with Gasteiger partial charge in [0.05, 0.1) is 12.8 Å². The van der Waals surface area contributed by atoms with Crippen molar-refractivity contribution >= 4 is 5.97 Å². The van der Waals surface area contributed by atoms with E-state index >= 15 is 0 Å². The van der Waals surface area contributed by atoms with Crippen LogP contribution in [0.3, 0.4) is 0 Å². The lowest BCUT2D eigenvalue weighted by molar-refractivity contribution is -0.275. The summed E-state index contributed by atoms with van der Waals surface area (Å²) in [7, 11) is 0. The predicted molar refractivity (Wildman–Crippen MR) is 121 cm³/mol. The van der Waals surface area contributed by atoms with E-state index in [0.29, 0.717) is 0 Å². The molecular formula is C25H26F9NO4. The fraction of sp³-hybridized carbons (Fsp3) is 0.480. The molecular weight excluding hydrogens is 549 g/mol. The van der Waals surface area contributed by atoms with E-state index in [-0.39, 0.29) is 11.1 Å². The van der Waals surface area contributed by atoms with Crippen molar-refractivity contribution in [2.24, 2.45) is 0 Å². The number of rotatable bonds is 10. The predicted octanol–water partition coefficient (Wildman–Crippen LogP) is 7.04. The molecule has 0 atom stereocenters. The Morgan fingerprint density at radius 3 is 1.62 bits per heavy atom. The van der Waals surface area contributed by atoms with E-state index in [1.54, 1.807) is 0 Å². The van der Waals surface area contributed by atoms with Crippen molar-refractivity contribution in [1.82, 2.24) is 5.32 Å². The normalized spacial score (nSPS) is 13.2. The van der Waals surface area contributed by atoms with Crippen LogP contribution in [0.25, 0.3) is 0 Å². The number of carbonyl (C=O) groups is 1. The highest BCUT2D eigenvalue weighted by atomic mass is 19.4. The molecule has 0 spiro atoms. The van der Waals surface area contributed by atoms with E-state index < -0.39 is 73.3 Å². The number of halogens is 9. The largest absolute Gasteiger partial charge is 0.573 e. The van der Waals surface area contributed by atoms with Crippen molar-refractivity contribution in [3.63, 3.8) is 0 Å². The average molecular weight is 575 g/mol. The Bertz CT molecular complexity index is 1050. The third kappa shape index (κ3) is 11.2. The Labute approximate surface area is 218 Å². The second-order valence-electron chi connectivity index (χ2n) is 9.54. The van der Waals surface area contributed by atoms with Crippen molar-refractivity contribution in [3.05, 3.63) is 59.7 Å². The number of esters is 1. The summed E-state index contributed by atoms with van der Waals surface area (Å²) >= 11 is 0. The molecule has 0 saturated heterocycles. The van der Waals surface area contributed by atoms with Crippen molar-refractivity contribution in [1.29, 1.82) is 0 Å². The third-order valence-electron chi connectivity index (χ3n) is 5.12. The summed E-state index contributed by atoms with van der Waals surface area (Å²) in [6.07, 6.45) is -16.7. The number of hydrogen-bond acceptors (Lipinski definition) is 5. The zero-order valence-corrected chi connectivity index (χ0v) is 21.0. The van der Waals surface area contributed by atoms with Crippen molar-refractivity contribution < 1.29 is 58.5 Å². The zero-order chi connectivity index (χ0) is 29.7. The third-order valence-corrected chi connectivity index (χ3v) is 5.12. The standard InChI is InChI=1S/C25H26F9NO4/c1-21(2,3)39-20(36)14-22(15-35-11-10-23(26,27)28,16-6-4-8-18(12-16)37-24(29,30)31)17-7-5-9-19(13-17)38-25(32,33)34/h4-9,12-13,35H,10-11,14-15H2,1-3H3. The van der Waals surface area contributed by atoms with E-state index in [2.05, 4.69) is 14.8 Å². The molecule has 39 heavy (non-hydrogen) atoms. The molecule has 218 valence electrons. The molecule has 0 aliphatic carbocycles. The maximum atomic E-state index is 13.0. The summed E-state index contributed by atoms with van der Waals surface area (Å²) in [4.78, 5) is 13.0. The molecule has 0 aliphatic heterocycles. The van der Waals surface area contributed by atoms with E-state index in [4.69, 9.17) is 4.74 Å². The molecule has 1 N–H and O–H groups in total. The van der Waals surface area contributed by atoms with Gasteiger partial charge >= 0.3 is 24.9 Å². The number of carbonyl (C=O) groups excluding carboxylic acids is 1. The molecule has 0 aliphatic rings. The van der Waals surface area contributed by atoms with Gasteiger partial charge in [0.25, 0.3) is 0 Å². The summed E-state index contributed by atoms with van der Waals surface area (Å²) in [5.74, 6) is -2.34. The first kappa shape index (κ1) is 32.1. The fourth-order valence-corrected chi connectivity index (χ4v) is 3.78. The van der Waals surface area contributed by atoms with Crippen LogP contribution >= 0.6 is 0 Å². The Hall–Kier alpha value is -3.16. The highest BCUT2D eigenvalue weighted by Gasteiger charge is 2.41. The summed E-state index contributed by atoms with van der Waals surface area (Å²) in [6.45, 7) is 3.43. The Morgan fingerprint density at radius 1 is 0.769 bits per heavy atom. The van der Waals surface area contributed by atoms with Crippen LogP contribution in [-0.2, 0) is 14.9 Å². The van der Waals surface area contributed by atoms with Crippen LogP contribution in [0.15, 0.2) is 48.5 Å². The maximum absolute atomic E-state index is 13.0. The lowest BCUT2D eigenvalue weighted by atomic mass is 9.71. The monoisotopic (exact) mass is 575 g/mol. The molecule has 0 radical (unpaired) electrons. The number of benzene rings is 2. The number of alkyl halides is 9. The van der Waals surface area contributed by atoms with E-state index in [9.17, 15) is 44.3 Å². The molecule has 0 bridgehead atoms. The number of hydrogen-bond donors (Lipinski definition) is 1. The van der Waals surface area contributed by atoms with Crippen LogP contribution in [0.2, 0.25) is 0 Å². The molecule has 0 amide bonds. The molecule has 0 aromatic heterocycles. The molecule has 0 fully saturated rings. The molecule has 0 unspecified atom stereocenters. The second kappa shape index (κ2) is 11.9. The first-order chi connectivity index (χ1) is 17.7. The minimum atomic E-state index is -5.10. The van der Waals surface area contributed by atoms with Gasteiger partial charge < -0.3 is 19.5 Å². The van der Waals surface area contributed by atoms with Crippen LogP contribution in [-0.4, -0.2) is 43.6 Å². The zero-order valence-electron chi connectivity index (χ0n) is 21.0. The van der Waals surface area contributed by atoms with Crippen LogP contribution < -0.4 is 14.8 Å². The number of nitrogens with one attached hydrogen (secondary N) is 1. The van der Waals surface area contributed by atoms with Gasteiger partial charge in [-0.15, -0.1) is 26.3 Å². The molecule has 5 nitrogen and oxygen atoms in total. The highest BCUT2D eigenvalue weighted by molar-refractivity contribution is 5.73. The van der Waals surface area contributed by atoms with Crippen LogP contribution in [0.1, 0.15) is 44.7 Å².